The molecule has 21 heavy (non-hydrogen) atoms. The Labute approximate surface area is 122 Å². The molecule has 2 rings (SSSR count). The lowest BCUT2D eigenvalue weighted by molar-refractivity contribution is -0.138. The molecule has 0 aromatic heterocycles. The van der Waals surface area contributed by atoms with Gasteiger partial charge < -0.3 is 25.8 Å². The van der Waals surface area contributed by atoms with Crippen molar-refractivity contribution in [1.82, 2.24) is 10.6 Å². The Morgan fingerprint density at radius 2 is 2.24 bits per heavy atom. The predicted octanol–water partition coefficient (Wildman–Crippen LogP) is 0.778. The second-order valence-electron chi connectivity index (χ2n) is 4.35. The highest BCUT2D eigenvalue weighted by atomic mass is 16.5. The molecule has 1 aliphatic rings. The summed E-state index contributed by atoms with van der Waals surface area (Å²) >= 11 is 0. The molecule has 0 unspecified atom stereocenters. The van der Waals surface area contributed by atoms with Crippen molar-refractivity contribution < 1.29 is 19.1 Å². The zero-order valence-electron chi connectivity index (χ0n) is 11.6. The van der Waals surface area contributed by atoms with E-state index >= 15 is 0 Å². The van der Waals surface area contributed by atoms with Gasteiger partial charge in [-0.05, 0) is 19.1 Å². The van der Waals surface area contributed by atoms with Crippen LogP contribution < -0.4 is 21.1 Å². The Kier molecular flexibility index (Phi) is 4.65. The predicted molar refractivity (Wildman–Crippen MR) is 76.5 cm³/mol. The van der Waals surface area contributed by atoms with Gasteiger partial charge in [0.05, 0.1) is 24.4 Å². The van der Waals surface area contributed by atoms with Crippen molar-refractivity contribution in [3.05, 3.63) is 35.5 Å². The van der Waals surface area contributed by atoms with Crippen LogP contribution in [0, 0.1) is 0 Å². The zero-order valence-corrected chi connectivity index (χ0v) is 11.6. The van der Waals surface area contributed by atoms with Crippen LogP contribution in [0.2, 0.25) is 0 Å². The molecule has 1 aliphatic heterocycles. The SMILES string of the molecule is CCOC(=O)C1=C(COc2cccc(N)c2)NC(=O)NC1. The third kappa shape index (κ3) is 3.88. The summed E-state index contributed by atoms with van der Waals surface area (Å²) in [7, 11) is 0. The number of amides is 2. The number of carbonyl (C=O) groups is 2. The first-order valence-electron chi connectivity index (χ1n) is 6.52. The molecule has 0 bridgehead atoms. The monoisotopic (exact) mass is 291 g/mol. The summed E-state index contributed by atoms with van der Waals surface area (Å²) in [5.41, 5.74) is 6.97. The molecule has 7 heteroatoms. The highest BCUT2D eigenvalue weighted by Crippen LogP contribution is 2.16. The summed E-state index contributed by atoms with van der Waals surface area (Å²) in [6.45, 7) is 2.14. The van der Waals surface area contributed by atoms with E-state index in [4.69, 9.17) is 15.2 Å². The lowest BCUT2D eigenvalue weighted by Gasteiger charge is -2.21. The molecule has 0 aliphatic carbocycles. The Bertz CT molecular complexity index is 583. The van der Waals surface area contributed by atoms with E-state index in [-0.39, 0.29) is 25.8 Å². The molecule has 0 atom stereocenters. The average Bonchev–Trinajstić information content (AvgIpc) is 2.45. The lowest BCUT2D eigenvalue weighted by atomic mass is 10.1. The minimum absolute atomic E-state index is 0.0466. The van der Waals surface area contributed by atoms with Gasteiger partial charge >= 0.3 is 12.0 Å². The highest BCUT2D eigenvalue weighted by molar-refractivity contribution is 5.93. The van der Waals surface area contributed by atoms with Crippen LogP contribution in [0.5, 0.6) is 5.75 Å². The van der Waals surface area contributed by atoms with E-state index < -0.39 is 5.97 Å². The number of rotatable bonds is 5. The first-order chi connectivity index (χ1) is 10.1. The molecule has 0 radical (unpaired) electrons. The maximum Gasteiger partial charge on any atom is 0.337 e. The Balaban J connectivity index is 2.12. The summed E-state index contributed by atoms with van der Waals surface area (Å²) in [5, 5.41) is 5.09. The maximum atomic E-state index is 11.8. The van der Waals surface area contributed by atoms with E-state index in [2.05, 4.69) is 10.6 Å². The number of esters is 1. The van der Waals surface area contributed by atoms with Crippen LogP contribution in [0.4, 0.5) is 10.5 Å². The van der Waals surface area contributed by atoms with Crippen molar-refractivity contribution in [2.24, 2.45) is 0 Å². The smallest absolute Gasteiger partial charge is 0.337 e. The van der Waals surface area contributed by atoms with Crippen LogP contribution in [0.15, 0.2) is 35.5 Å². The average molecular weight is 291 g/mol. The molecule has 0 fully saturated rings. The fourth-order valence-electron chi connectivity index (χ4n) is 1.83. The van der Waals surface area contributed by atoms with E-state index in [1.165, 1.54) is 0 Å². The summed E-state index contributed by atoms with van der Waals surface area (Å²) in [4.78, 5) is 23.2. The van der Waals surface area contributed by atoms with E-state index in [1.807, 2.05) is 0 Å². The minimum Gasteiger partial charge on any atom is -0.487 e. The number of ether oxygens (including phenoxy) is 2. The van der Waals surface area contributed by atoms with Crippen molar-refractivity contribution in [2.45, 2.75) is 6.92 Å². The highest BCUT2D eigenvalue weighted by Gasteiger charge is 2.23. The Hall–Kier alpha value is -2.70. The molecule has 0 saturated carbocycles. The fourth-order valence-corrected chi connectivity index (χ4v) is 1.83. The van der Waals surface area contributed by atoms with Crippen LogP contribution in [0.3, 0.4) is 0 Å². The van der Waals surface area contributed by atoms with Gasteiger partial charge in [-0.3, -0.25) is 0 Å². The lowest BCUT2D eigenvalue weighted by Crippen LogP contribution is -2.45. The van der Waals surface area contributed by atoms with Crippen molar-refractivity contribution in [3.63, 3.8) is 0 Å². The number of nitrogen functional groups attached to an aromatic ring is 1. The summed E-state index contributed by atoms with van der Waals surface area (Å²) < 4.78 is 10.5. The van der Waals surface area contributed by atoms with Crippen molar-refractivity contribution in [2.75, 3.05) is 25.5 Å². The number of benzene rings is 1. The molecule has 7 nitrogen and oxygen atoms in total. The van der Waals surface area contributed by atoms with Crippen LogP contribution >= 0.6 is 0 Å². The van der Waals surface area contributed by atoms with Gasteiger partial charge in [0.15, 0.2) is 0 Å². The molecular weight excluding hydrogens is 274 g/mol. The largest absolute Gasteiger partial charge is 0.487 e. The number of nitrogens with one attached hydrogen (secondary N) is 2. The van der Waals surface area contributed by atoms with Crippen molar-refractivity contribution in [3.8, 4) is 5.75 Å². The number of nitrogens with two attached hydrogens (primary N) is 1. The summed E-state index contributed by atoms with van der Waals surface area (Å²) in [6.07, 6.45) is 0. The molecule has 2 amide bonds. The van der Waals surface area contributed by atoms with Gasteiger partial charge in [-0.15, -0.1) is 0 Å². The molecule has 4 N–H and O–H groups in total. The van der Waals surface area contributed by atoms with Crippen LogP contribution in [0.25, 0.3) is 0 Å². The van der Waals surface area contributed by atoms with Gasteiger partial charge in [-0.25, -0.2) is 9.59 Å². The summed E-state index contributed by atoms with van der Waals surface area (Å²) in [6, 6.07) is 6.51. The number of hydrogen-bond acceptors (Lipinski definition) is 5. The third-order valence-electron chi connectivity index (χ3n) is 2.82. The van der Waals surface area contributed by atoms with Crippen molar-refractivity contribution in [1.29, 1.82) is 0 Å². The van der Waals surface area contributed by atoms with Crippen LogP contribution in [0.1, 0.15) is 6.92 Å². The van der Waals surface area contributed by atoms with Crippen molar-refractivity contribution >= 4 is 17.7 Å². The standard InChI is InChI=1S/C14H17N3O4/c1-2-20-13(18)11-7-16-14(19)17-12(11)8-21-10-5-3-4-9(15)6-10/h3-6H,2,7-8,15H2,1H3,(H2,16,17,19). The molecular formula is C14H17N3O4. The van der Waals surface area contributed by atoms with Gasteiger partial charge in [0.25, 0.3) is 0 Å². The van der Waals surface area contributed by atoms with Gasteiger partial charge in [0.1, 0.15) is 12.4 Å². The molecule has 1 aromatic carbocycles. The first-order valence-corrected chi connectivity index (χ1v) is 6.52. The fraction of sp³-hybridized carbons (Fsp3) is 0.286. The topological polar surface area (TPSA) is 103 Å². The van der Waals surface area contributed by atoms with E-state index in [9.17, 15) is 9.59 Å². The Morgan fingerprint density at radius 3 is 2.95 bits per heavy atom. The zero-order chi connectivity index (χ0) is 15.2. The summed E-state index contributed by atoms with van der Waals surface area (Å²) in [5.74, 6) is 0.0784. The normalized spacial score (nSPS) is 14.2. The molecule has 1 aromatic rings. The van der Waals surface area contributed by atoms with E-state index in [0.717, 1.165) is 0 Å². The molecule has 112 valence electrons. The van der Waals surface area contributed by atoms with Crippen LogP contribution in [-0.2, 0) is 9.53 Å². The number of carbonyl (C=O) groups excluding carboxylic acids is 2. The quantitative estimate of drug-likeness (QED) is 0.549. The Morgan fingerprint density at radius 1 is 1.43 bits per heavy atom. The second-order valence-corrected chi connectivity index (χ2v) is 4.35. The number of anilines is 1. The van der Waals surface area contributed by atoms with Crippen LogP contribution in [-0.4, -0.2) is 31.8 Å². The second kappa shape index (κ2) is 6.65. The maximum absolute atomic E-state index is 11.8. The van der Waals surface area contributed by atoms with E-state index in [1.54, 1.807) is 31.2 Å². The minimum atomic E-state index is -0.476. The van der Waals surface area contributed by atoms with Gasteiger partial charge in [-0.2, -0.15) is 0 Å². The molecule has 0 spiro atoms. The van der Waals surface area contributed by atoms with E-state index in [0.29, 0.717) is 22.7 Å². The van der Waals surface area contributed by atoms with Gasteiger partial charge in [0, 0.05) is 11.8 Å². The molecule has 1 heterocycles. The molecule has 0 saturated heterocycles. The number of urea groups is 1. The van der Waals surface area contributed by atoms with Gasteiger partial charge in [-0.1, -0.05) is 6.07 Å². The first kappa shape index (κ1) is 14.7. The third-order valence-corrected chi connectivity index (χ3v) is 2.82. The number of hydrogen-bond donors (Lipinski definition) is 3. The van der Waals surface area contributed by atoms with Gasteiger partial charge in [0.2, 0.25) is 0 Å².